The third-order valence-corrected chi connectivity index (χ3v) is 4.30. The van der Waals surface area contributed by atoms with Gasteiger partial charge in [0.25, 0.3) is 5.56 Å². The Labute approximate surface area is 168 Å². The number of aromatic amines is 1. The van der Waals surface area contributed by atoms with E-state index >= 15 is 0 Å². The molecule has 0 bridgehead atoms. The summed E-state index contributed by atoms with van der Waals surface area (Å²) in [5.74, 6) is -0.378. The van der Waals surface area contributed by atoms with Crippen molar-refractivity contribution in [1.29, 1.82) is 0 Å². The van der Waals surface area contributed by atoms with Crippen molar-refractivity contribution in [2.75, 3.05) is 6.61 Å². The monoisotopic (exact) mass is 389 g/mol. The molecule has 0 amide bonds. The molecule has 1 N–H and O–H groups in total. The van der Waals surface area contributed by atoms with Crippen molar-refractivity contribution in [2.24, 2.45) is 0 Å². The zero-order valence-corrected chi connectivity index (χ0v) is 16.7. The summed E-state index contributed by atoms with van der Waals surface area (Å²) in [6.07, 6.45) is 3.26. The number of hydrogen-bond acceptors (Lipinski definition) is 4. The topological polar surface area (TPSA) is 77.0 Å². The third kappa shape index (κ3) is 3.96. The number of aromatic nitrogens is 3. The van der Waals surface area contributed by atoms with E-state index in [4.69, 9.17) is 4.74 Å². The van der Waals surface area contributed by atoms with Crippen molar-refractivity contribution in [3.8, 4) is 16.8 Å². The molecular formula is C23H23N3O3. The van der Waals surface area contributed by atoms with Crippen molar-refractivity contribution in [3.63, 3.8) is 0 Å². The zero-order chi connectivity index (χ0) is 20.8. The van der Waals surface area contributed by atoms with Crippen molar-refractivity contribution >= 4 is 17.0 Å². The molecule has 0 aliphatic carbocycles. The van der Waals surface area contributed by atoms with Gasteiger partial charge in [-0.15, -0.1) is 0 Å². The van der Waals surface area contributed by atoms with Gasteiger partial charge in [0.2, 0.25) is 0 Å². The van der Waals surface area contributed by atoms with Crippen LogP contribution in [-0.2, 0) is 4.74 Å². The summed E-state index contributed by atoms with van der Waals surface area (Å²) in [6.45, 7) is 6.08. The number of nitrogens with one attached hydrogen (secondary N) is 1. The van der Waals surface area contributed by atoms with Gasteiger partial charge in [-0.2, -0.15) is 0 Å². The summed E-state index contributed by atoms with van der Waals surface area (Å²) in [5.41, 5.74) is 3.68. The summed E-state index contributed by atoms with van der Waals surface area (Å²) in [7, 11) is 0. The molecule has 148 valence electrons. The number of ether oxygens (including phenoxy) is 1. The van der Waals surface area contributed by atoms with Crippen LogP contribution in [0, 0.1) is 0 Å². The minimum absolute atomic E-state index is 0.225. The number of para-hydroxylation sites is 1. The summed E-state index contributed by atoms with van der Waals surface area (Å²) < 4.78 is 6.90. The summed E-state index contributed by atoms with van der Waals surface area (Å²) >= 11 is 0. The number of carbonyl (C=O) groups is 1. The van der Waals surface area contributed by atoms with E-state index in [9.17, 15) is 9.59 Å². The number of benzene rings is 2. The van der Waals surface area contributed by atoms with Crippen molar-refractivity contribution in [2.45, 2.75) is 20.8 Å². The maximum atomic E-state index is 12.5. The van der Waals surface area contributed by atoms with Gasteiger partial charge in [-0.05, 0) is 36.8 Å². The normalized spacial score (nSPS) is 10.3. The van der Waals surface area contributed by atoms with Crippen LogP contribution >= 0.6 is 0 Å². The van der Waals surface area contributed by atoms with E-state index < -0.39 is 0 Å². The van der Waals surface area contributed by atoms with Gasteiger partial charge >= 0.3 is 5.97 Å². The first-order chi connectivity index (χ1) is 14.2. The predicted molar refractivity (Wildman–Crippen MR) is 114 cm³/mol. The van der Waals surface area contributed by atoms with E-state index in [0.717, 1.165) is 16.8 Å². The number of rotatable bonds is 4. The highest BCUT2D eigenvalue weighted by atomic mass is 16.5. The van der Waals surface area contributed by atoms with E-state index in [1.54, 1.807) is 25.1 Å². The van der Waals surface area contributed by atoms with Crippen LogP contribution in [0.5, 0.6) is 0 Å². The van der Waals surface area contributed by atoms with Crippen LogP contribution in [0.2, 0.25) is 0 Å². The standard InChI is InChI=1S/C21H17N3O3.C2H6/c1-2-27-21(26)15-8-6-7-14(11-15)17-12-24(16-9-4-3-5-10-16)19-18(17)22-13-23-20(19)25;1-2/h3-13H,2H2,1H3,(H,22,23,25);1-2H3. The second-order valence-corrected chi connectivity index (χ2v) is 5.98. The molecule has 6 nitrogen and oxygen atoms in total. The minimum atomic E-state index is -0.378. The number of nitrogens with zero attached hydrogens (tertiary/aromatic N) is 2. The fourth-order valence-corrected chi connectivity index (χ4v) is 3.10. The van der Waals surface area contributed by atoms with E-state index in [0.29, 0.717) is 23.2 Å². The van der Waals surface area contributed by atoms with Gasteiger partial charge in [0, 0.05) is 17.4 Å². The van der Waals surface area contributed by atoms with E-state index in [1.807, 2.05) is 61.0 Å². The molecule has 29 heavy (non-hydrogen) atoms. The molecule has 2 aromatic heterocycles. The molecule has 0 radical (unpaired) electrons. The molecule has 4 aromatic rings. The molecule has 0 unspecified atom stereocenters. The molecule has 0 saturated carbocycles. The molecule has 6 heteroatoms. The Morgan fingerprint density at radius 2 is 1.86 bits per heavy atom. The lowest BCUT2D eigenvalue weighted by Gasteiger charge is -2.04. The highest BCUT2D eigenvalue weighted by molar-refractivity contribution is 5.96. The Morgan fingerprint density at radius 1 is 1.10 bits per heavy atom. The maximum absolute atomic E-state index is 12.5. The lowest BCUT2D eigenvalue weighted by Crippen LogP contribution is -2.09. The van der Waals surface area contributed by atoms with Gasteiger partial charge in [-0.1, -0.05) is 44.2 Å². The van der Waals surface area contributed by atoms with Crippen LogP contribution in [0.4, 0.5) is 0 Å². The molecule has 4 rings (SSSR count). The van der Waals surface area contributed by atoms with Crippen molar-refractivity contribution in [1.82, 2.24) is 14.5 Å². The summed E-state index contributed by atoms with van der Waals surface area (Å²) in [5, 5.41) is 0. The van der Waals surface area contributed by atoms with Crippen LogP contribution in [0.1, 0.15) is 31.1 Å². The van der Waals surface area contributed by atoms with E-state index in [1.165, 1.54) is 6.33 Å². The van der Waals surface area contributed by atoms with Crippen LogP contribution in [-0.4, -0.2) is 27.1 Å². The Bertz CT molecular complexity index is 1180. The number of carbonyl (C=O) groups excluding carboxylic acids is 1. The molecule has 0 aliphatic heterocycles. The maximum Gasteiger partial charge on any atom is 0.338 e. The second-order valence-electron chi connectivity index (χ2n) is 5.98. The van der Waals surface area contributed by atoms with Gasteiger partial charge in [-0.25, -0.2) is 9.78 Å². The zero-order valence-electron chi connectivity index (χ0n) is 16.7. The lowest BCUT2D eigenvalue weighted by atomic mass is 10.0. The first-order valence-corrected chi connectivity index (χ1v) is 9.60. The Kier molecular flexibility index (Phi) is 6.24. The molecular weight excluding hydrogens is 366 g/mol. The molecule has 0 spiro atoms. The van der Waals surface area contributed by atoms with Gasteiger partial charge in [0.05, 0.1) is 18.5 Å². The molecule has 0 saturated heterocycles. The average Bonchev–Trinajstić information content (AvgIpc) is 3.17. The van der Waals surface area contributed by atoms with Crippen LogP contribution < -0.4 is 5.56 Å². The fourth-order valence-electron chi connectivity index (χ4n) is 3.10. The van der Waals surface area contributed by atoms with Crippen LogP contribution in [0.3, 0.4) is 0 Å². The SMILES string of the molecule is CC.CCOC(=O)c1cccc(-c2cn(-c3ccccc3)c3c(=O)[nH]cnc23)c1. The molecule has 2 aromatic carbocycles. The van der Waals surface area contributed by atoms with Gasteiger partial charge in [0.15, 0.2) is 0 Å². The average molecular weight is 389 g/mol. The molecule has 0 fully saturated rings. The van der Waals surface area contributed by atoms with Crippen LogP contribution in [0.25, 0.3) is 27.8 Å². The molecule has 0 atom stereocenters. The summed E-state index contributed by atoms with van der Waals surface area (Å²) in [6, 6.07) is 16.7. The minimum Gasteiger partial charge on any atom is -0.462 e. The number of hydrogen-bond donors (Lipinski definition) is 1. The quantitative estimate of drug-likeness (QED) is 0.518. The Morgan fingerprint density at radius 3 is 2.59 bits per heavy atom. The first-order valence-electron chi connectivity index (χ1n) is 9.60. The van der Waals surface area contributed by atoms with Crippen molar-refractivity contribution < 1.29 is 9.53 Å². The smallest absolute Gasteiger partial charge is 0.338 e. The fraction of sp³-hybridized carbons (Fsp3) is 0.174. The summed E-state index contributed by atoms with van der Waals surface area (Å²) in [4.78, 5) is 31.6. The Balaban J connectivity index is 0.00000117. The molecule has 2 heterocycles. The van der Waals surface area contributed by atoms with Gasteiger partial charge < -0.3 is 14.3 Å². The predicted octanol–water partition coefficient (Wildman–Crippen LogP) is 4.58. The lowest BCUT2D eigenvalue weighted by molar-refractivity contribution is 0.0526. The highest BCUT2D eigenvalue weighted by Crippen LogP contribution is 2.30. The Hall–Kier alpha value is -3.67. The van der Waals surface area contributed by atoms with Crippen molar-refractivity contribution in [3.05, 3.63) is 83.0 Å². The van der Waals surface area contributed by atoms with Crippen LogP contribution in [0.15, 0.2) is 71.9 Å². The number of fused-ring (bicyclic) bond motifs is 1. The molecule has 0 aliphatic rings. The van der Waals surface area contributed by atoms with Gasteiger partial charge in [-0.3, -0.25) is 4.79 Å². The number of H-pyrrole nitrogens is 1. The highest BCUT2D eigenvalue weighted by Gasteiger charge is 2.17. The van der Waals surface area contributed by atoms with E-state index in [-0.39, 0.29) is 11.5 Å². The second kappa shape index (κ2) is 9.01. The first kappa shape index (κ1) is 20.1. The van der Waals surface area contributed by atoms with Gasteiger partial charge in [0.1, 0.15) is 11.0 Å². The largest absolute Gasteiger partial charge is 0.462 e. The van der Waals surface area contributed by atoms with E-state index in [2.05, 4.69) is 9.97 Å². The third-order valence-electron chi connectivity index (χ3n) is 4.30. The number of esters is 1.